The van der Waals surface area contributed by atoms with Crippen LogP contribution in [0.4, 0.5) is 13.2 Å². The standard InChI is InChI=1S/C13H7F3O3/c14-7-4-5-9(15)11(6-7)19-12-8(13(17)18)2-1-3-10(12)16/h1-6H,(H,17,18). The molecule has 0 bridgehead atoms. The molecule has 0 unspecified atom stereocenters. The van der Waals surface area contributed by atoms with Crippen LogP contribution < -0.4 is 4.74 Å². The minimum absolute atomic E-state index is 0.483. The van der Waals surface area contributed by atoms with Crippen LogP contribution in [-0.2, 0) is 0 Å². The molecule has 0 radical (unpaired) electrons. The second-order valence-corrected chi connectivity index (χ2v) is 3.60. The summed E-state index contributed by atoms with van der Waals surface area (Å²) in [4.78, 5) is 10.9. The molecule has 2 aromatic carbocycles. The van der Waals surface area contributed by atoms with Gasteiger partial charge in [-0.1, -0.05) is 6.07 Å². The van der Waals surface area contributed by atoms with E-state index in [4.69, 9.17) is 9.84 Å². The highest BCUT2D eigenvalue weighted by atomic mass is 19.1. The highest BCUT2D eigenvalue weighted by molar-refractivity contribution is 5.91. The van der Waals surface area contributed by atoms with Crippen molar-refractivity contribution in [1.82, 2.24) is 0 Å². The van der Waals surface area contributed by atoms with Crippen molar-refractivity contribution >= 4 is 5.97 Å². The van der Waals surface area contributed by atoms with Crippen molar-refractivity contribution in [3.05, 3.63) is 59.4 Å². The van der Waals surface area contributed by atoms with E-state index in [2.05, 4.69) is 0 Å². The Morgan fingerprint density at radius 1 is 1.05 bits per heavy atom. The third-order valence-corrected chi connectivity index (χ3v) is 2.30. The molecule has 2 aromatic rings. The number of halogens is 3. The maximum Gasteiger partial charge on any atom is 0.339 e. The van der Waals surface area contributed by atoms with Gasteiger partial charge in [-0.25, -0.2) is 18.0 Å². The molecule has 2 rings (SSSR count). The molecule has 6 heteroatoms. The van der Waals surface area contributed by atoms with E-state index in [0.29, 0.717) is 6.07 Å². The van der Waals surface area contributed by atoms with E-state index >= 15 is 0 Å². The molecule has 0 heterocycles. The summed E-state index contributed by atoms with van der Waals surface area (Å²) in [5.41, 5.74) is -0.483. The summed E-state index contributed by atoms with van der Waals surface area (Å²) in [5.74, 6) is -5.40. The molecule has 0 amide bonds. The van der Waals surface area contributed by atoms with Gasteiger partial charge in [0.25, 0.3) is 0 Å². The Hall–Kier alpha value is -2.50. The zero-order valence-electron chi connectivity index (χ0n) is 9.36. The first kappa shape index (κ1) is 12.9. The Morgan fingerprint density at radius 2 is 1.79 bits per heavy atom. The number of carboxylic acids is 1. The Bertz CT molecular complexity index is 641. The highest BCUT2D eigenvalue weighted by Gasteiger charge is 2.18. The summed E-state index contributed by atoms with van der Waals surface area (Å²) < 4.78 is 44.7. The fraction of sp³-hybridized carbons (Fsp3) is 0. The van der Waals surface area contributed by atoms with Crippen LogP contribution in [0.3, 0.4) is 0 Å². The molecule has 0 aliphatic heterocycles. The van der Waals surface area contributed by atoms with E-state index in [0.717, 1.165) is 24.3 Å². The molecule has 0 saturated carbocycles. The molecule has 0 saturated heterocycles. The van der Waals surface area contributed by atoms with Gasteiger partial charge in [-0.2, -0.15) is 0 Å². The van der Waals surface area contributed by atoms with Gasteiger partial charge >= 0.3 is 5.97 Å². The van der Waals surface area contributed by atoms with E-state index in [-0.39, 0.29) is 0 Å². The van der Waals surface area contributed by atoms with Gasteiger partial charge in [-0.05, 0) is 24.3 Å². The van der Waals surface area contributed by atoms with Crippen molar-refractivity contribution in [2.75, 3.05) is 0 Å². The van der Waals surface area contributed by atoms with Crippen molar-refractivity contribution in [3.63, 3.8) is 0 Å². The molecule has 0 spiro atoms. The molecule has 98 valence electrons. The molecule has 0 aliphatic rings. The summed E-state index contributed by atoms with van der Waals surface area (Å²) in [7, 11) is 0. The van der Waals surface area contributed by atoms with Crippen LogP contribution in [0.2, 0.25) is 0 Å². The first-order chi connectivity index (χ1) is 8.99. The minimum Gasteiger partial charge on any atom is -0.478 e. The fourth-order valence-corrected chi connectivity index (χ4v) is 1.45. The van der Waals surface area contributed by atoms with E-state index < -0.39 is 40.5 Å². The number of carboxylic acid groups (broad SMARTS) is 1. The van der Waals surface area contributed by atoms with E-state index in [1.54, 1.807) is 0 Å². The van der Waals surface area contributed by atoms with Crippen LogP contribution in [0.25, 0.3) is 0 Å². The largest absolute Gasteiger partial charge is 0.478 e. The molecule has 0 aromatic heterocycles. The normalized spacial score (nSPS) is 10.3. The Morgan fingerprint density at radius 3 is 2.47 bits per heavy atom. The lowest BCUT2D eigenvalue weighted by Crippen LogP contribution is -2.02. The van der Waals surface area contributed by atoms with Gasteiger partial charge in [-0.3, -0.25) is 0 Å². The highest BCUT2D eigenvalue weighted by Crippen LogP contribution is 2.30. The number of aromatic carboxylic acids is 1. The lowest BCUT2D eigenvalue weighted by Gasteiger charge is -2.10. The summed E-state index contributed by atoms with van der Waals surface area (Å²) in [6.07, 6.45) is 0. The molecular formula is C13H7F3O3. The number of benzene rings is 2. The average Bonchev–Trinajstić information content (AvgIpc) is 2.35. The molecule has 1 N–H and O–H groups in total. The van der Waals surface area contributed by atoms with E-state index in [1.165, 1.54) is 6.07 Å². The zero-order chi connectivity index (χ0) is 14.0. The monoisotopic (exact) mass is 268 g/mol. The Balaban J connectivity index is 2.49. The lowest BCUT2D eigenvalue weighted by atomic mass is 10.2. The average molecular weight is 268 g/mol. The summed E-state index contributed by atoms with van der Waals surface area (Å²) in [5, 5.41) is 8.88. The van der Waals surface area contributed by atoms with Crippen LogP contribution in [0.15, 0.2) is 36.4 Å². The van der Waals surface area contributed by atoms with Gasteiger partial charge in [-0.15, -0.1) is 0 Å². The van der Waals surface area contributed by atoms with Crippen LogP contribution in [-0.4, -0.2) is 11.1 Å². The molecule has 3 nitrogen and oxygen atoms in total. The van der Waals surface area contributed by atoms with E-state index in [1.807, 2.05) is 0 Å². The zero-order valence-corrected chi connectivity index (χ0v) is 9.36. The maximum atomic E-state index is 13.5. The van der Waals surface area contributed by atoms with Crippen molar-refractivity contribution in [3.8, 4) is 11.5 Å². The number of carbonyl (C=O) groups is 1. The van der Waals surface area contributed by atoms with Crippen molar-refractivity contribution in [1.29, 1.82) is 0 Å². The number of ether oxygens (including phenoxy) is 1. The SMILES string of the molecule is O=C(O)c1cccc(F)c1Oc1cc(F)ccc1F. The van der Waals surface area contributed by atoms with Crippen LogP contribution >= 0.6 is 0 Å². The number of rotatable bonds is 3. The second-order valence-electron chi connectivity index (χ2n) is 3.60. The predicted octanol–water partition coefficient (Wildman–Crippen LogP) is 3.59. The van der Waals surface area contributed by atoms with Gasteiger partial charge in [0.05, 0.1) is 0 Å². The van der Waals surface area contributed by atoms with Crippen LogP contribution in [0.5, 0.6) is 11.5 Å². The van der Waals surface area contributed by atoms with Gasteiger partial charge < -0.3 is 9.84 Å². The molecule has 0 aliphatic carbocycles. The first-order valence-electron chi connectivity index (χ1n) is 5.13. The van der Waals surface area contributed by atoms with Gasteiger partial charge in [0.1, 0.15) is 11.4 Å². The van der Waals surface area contributed by atoms with Gasteiger partial charge in [0.2, 0.25) is 0 Å². The van der Waals surface area contributed by atoms with Gasteiger partial charge in [0.15, 0.2) is 23.1 Å². The number of para-hydroxylation sites is 1. The van der Waals surface area contributed by atoms with Gasteiger partial charge in [0, 0.05) is 6.07 Å². The fourth-order valence-electron chi connectivity index (χ4n) is 1.45. The Kier molecular flexibility index (Phi) is 3.41. The van der Waals surface area contributed by atoms with Crippen LogP contribution in [0.1, 0.15) is 10.4 Å². The van der Waals surface area contributed by atoms with Crippen molar-refractivity contribution in [2.24, 2.45) is 0 Å². The third kappa shape index (κ3) is 2.67. The number of hydrogen-bond donors (Lipinski definition) is 1. The van der Waals surface area contributed by atoms with Crippen molar-refractivity contribution < 1.29 is 27.8 Å². The topological polar surface area (TPSA) is 46.5 Å². The summed E-state index contributed by atoms with van der Waals surface area (Å²) in [6.45, 7) is 0. The molecule has 19 heavy (non-hydrogen) atoms. The lowest BCUT2D eigenvalue weighted by molar-refractivity contribution is 0.0693. The maximum absolute atomic E-state index is 13.5. The predicted molar refractivity (Wildman–Crippen MR) is 59.8 cm³/mol. The molecular weight excluding hydrogens is 261 g/mol. The first-order valence-corrected chi connectivity index (χ1v) is 5.13. The number of hydrogen-bond acceptors (Lipinski definition) is 2. The second kappa shape index (κ2) is 5.01. The molecule has 0 fully saturated rings. The minimum atomic E-state index is -1.44. The van der Waals surface area contributed by atoms with E-state index in [9.17, 15) is 18.0 Å². The quantitative estimate of drug-likeness (QED) is 0.925. The molecule has 0 atom stereocenters. The third-order valence-electron chi connectivity index (χ3n) is 2.30. The smallest absolute Gasteiger partial charge is 0.339 e. The Labute approximate surface area is 105 Å². The summed E-state index contributed by atoms with van der Waals surface area (Å²) >= 11 is 0. The van der Waals surface area contributed by atoms with Crippen LogP contribution in [0, 0.1) is 17.5 Å². The summed E-state index contributed by atoms with van der Waals surface area (Å²) in [6, 6.07) is 5.59. The van der Waals surface area contributed by atoms with Crippen molar-refractivity contribution in [2.45, 2.75) is 0 Å².